The normalized spacial score (nSPS) is 53.5. The monoisotopic (exact) mass is 326 g/mol. The molecule has 10 atom stereocenters. The Morgan fingerprint density at radius 2 is 1.45 bits per heavy atom. The molecule has 0 radical (unpaired) electrons. The quantitative estimate of drug-likeness (QED) is 0.269. The highest BCUT2D eigenvalue weighted by molar-refractivity contribution is 4.92. The standard InChI is InChI=1S/C12H22O10/c1-3-10(7(16)8(17)11(19)20-3)22-12-9(18)6(15)5(14)4(2-13)21-12/h3-19H,2H2,1H3/t3-,4-,5-,6+,7-,8-,9-,10-,11+,12-/m1/s1. The van der Waals surface area contributed by atoms with Gasteiger partial charge in [-0.2, -0.15) is 0 Å². The molecule has 2 fully saturated rings. The molecule has 10 heteroatoms. The number of hydrogen-bond acceptors (Lipinski definition) is 10. The van der Waals surface area contributed by atoms with E-state index in [1.165, 1.54) is 6.92 Å². The molecule has 0 spiro atoms. The average Bonchev–Trinajstić information content (AvgIpc) is 2.49. The summed E-state index contributed by atoms with van der Waals surface area (Å²) >= 11 is 0. The van der Waals surface area contributed by atoms with E-state index in [1.807, 2.05) is 0 Å². The van der Waals surface area contributed by atoms with Gasteiger partial charge < -0.3 is 50.0 Å². The van der Waals surface area contributed by atoms with Gasteiger partial charge in [-0.15, -0.1) is 0 Å². The van der Waals surface area contributed by atoms with Crippen LogP contribution in [0.2, 0.25) is 0 Å². The van der Waals surface area contributed by atoms with E-state index in [0.29, 0.717) is 0 Å². The van der Waals surface area contributed by atoms with Gasteiger partial charge in [-0.25, -0.2) is 0 Å². The molecule has 2 rings (SSSR count). The first-order chi connectivity index (χ1) is 10.3. The van der Waals surface area contributed by atoms with Crippen LogP contribution in [0.25, 0.3) is 0 Å². The third-order valence-electron chi connectivity index (χ3n) is 3.94. The van der Waals surface area contributed by atoms with Crippen molar-refractivity contribution in [3.63, 3.8) is 0 Å². The van der Waals surface area contributed by atoms with Crippen LogP contribution in [0, 0.1) is 0 Å². The largest absolute Gasteiger partial charge is 0.394 e. The summed E-state index contributed by atoms with van der Waals surface area (Å²) in [7, 11) is 0. The summed E-state index contributed by atoms with van der Waals surface area (Å²) in [6, 6.07) is 0. The van der Waals surface area contributed by atoms with E-state index in [1.54, 1.807) is 0 Å². The van der Waals surface area contributed by atoms with Gasteiger partial charge in [0.2, 0.25) is 0 Å². The van der Waals surface area contributed by atoms with Crippen molar-refractivity contribution in [3.8, 4) is 0 Å². The van der Waals surface area contributed by atoms with E-state index in [0.717, 1.165) is 0 Å². The van der Waals surface area contributed by atoms with Crippen LogP contribution in [-0.4, -0.2) is 104 Å². The van der Waals surface area contributed by atoms with Crippen molar-refractivity contribution in [2.24, 2.45) is 0 Å². The van der Waals surface area contributed by atoms with E-state index in [-0.39, 0.29) is 0 Å². The molecule has 0 aromatic carbocycles. The molecule has 0 aromatic rings. The van der Waals surface area contributed by atoms with Crippen LogP contribution in [0.1, 0.15) is 6.92 Å². The molecular weight excluding hydrogens is 304 g/mol. The topological polar surface area (TPSA) is 169 Å². The molecule has 2 heterocycles. The number of rotatable bonds is 3. The maximum Gasteiger partial charge on any atom is 0.187 e. The van der Waals surface area contributed by atoms with Gasteiger partial charge in [0.15, 0.2) is 12.6 Å². The molecule has 130 valence electrons. The highest BCUT2D eigenvalue weighted by atomic mass is 16.7. The third-order valence-corrected chi connectivity index (χ3v) is 3.94. The van der Waals surface area contributed by atoms with Crippen molar-refractivity contribution in [2.75, 3.05) is 6.61 Å². The number of aliphatic hydroxyl groups excluding tert-OH is 7. The second kappa shape index (κ2) is 7.01. The van der Waals surface area contributed by atoms with Crippen LogP contribution in [0.4, 0.5) is 0 Å². The molecule has 2 saturated heterocycles. The van der Waals surface area contributed by atoms with Gasteiger partial charge in [-0.3, -0.25) is 0 Å². The number of aliphatic hydroxyl groups is 7. The summed E-state index contributed by atoms with van der Waals surface area (Å²) in [6.07, 6.45) is -14.2. The number of ether oxygens (including phenoxy) is 3. The minimum atomic E-state index is -1.64. The second-order valence-corrected chi connectivity index (χ2v) is 5.51. The SMILES string of the molecule is C[C@H]1O[C@H](O)[C@H](O)[C@@H](O)[C@@H]1O[C@H]1O[C@H](CO)[C@@H](O)[C@H](O)[C@H]1O. The summed E-state index contributed by atoms with van der Waals surface area (Å²) < 4.78 is 15.5. The van der Waals surface area contributed by atoms with Crippen molar-refractivity contribution in [1.82, 2.24) is 0 Å². The summed E-state index contributed by atoms with van der Waals surface area (Å²) in [5, 5.41) is 67.2. The van der Waals surface area contributed by atoms with Crippen molar-refractivity contribution >= 4 is 0 Å². The highest BCUT2D eigenvalue weighted by Gasteiger charge is 2.49. The Labute approximate surface area is 126 Å². The zero-order chi connectivity index (χ0) is 16.6. The van der Waals surface area contributed by atoms with Crippen molar-refractivity contribution in [2.45, 2.75) is 68.3 Å². The van der Waals surface area contributed by atoms with Crippen molar-refractivity contribution < 1.29 is 50.0 Å². The molecule has 0 amide bonds. The first kappa shape index (κ1) is 17.9. The molecule has 0 aromatic heterocycles. The predicted molar refractivity (Wildman–Crippen MR) is 67.2 cm³/mol. The van der Waals surface area contributed by atoms with Crippen LogP contribution in [0.3, 0.4) is 0 Å². The molecule has 22 heavy (non-hydrogen) atoms. The fourth-order valence-corrected chi connectivity index (χ4v) is 2.54. The molecule has 0 unspecified atom stereocenters. The fraction of sp³-hybridized carbons (Fsp3) is 1.00. The summed E-state index contributed by atoms with van der Waals surface area (Å²) in [4.78, 5) is 0. The average molecular weight is 326 g/mol. The smallest absolute Gasteiger partial charge is 0.187 e. The van der Waals surface area contributed by atoms with Crippen LogP contribution >= 0.6 is 0 Å². The molecular formula is C12H22O10. The lowest BCUT2D eigenvalue weighted by Crippen LogP contribution is -2.63. The van der Waals surface area contributed by atoms with E-state index in [9.17, 15) is 30.6 Å². The number of hydrogen-bond donors (Lipinski definition) is 7. The van der Waals surface area contributed by atoms with Crippen LogP contribution in [0.5, 0.6) is 0 Å². The molecule has 0 saturated carbocycles. The molecule has 0 bridgehead atoms. The van der Waals surface area contributed by atoms with Gasteiger partial charge in [0.1, 0.15) is 42.7 Å². The lowest BCUT2D eigenvalue weighted by Gasteiger charge is -2.44. The fourth-order valence-electron chi connectivity index (χ4n) is 2.54. The molecule has 7 N–H and O–H groups in total. The Morgan fingerprint density at radius 1 is 0.818 bits per heavy atom. The molecule has 2 aliphatic rings. The van der Waals surface area contributed by atoms with Crippen LogP contribution in [-0.2, 0) is 14.2 Å². The molecule has 2 aliphatic heterocycles. The Bertz CT molecular complexity index is 366. The van der Waals surface area contributed by atoms with Crippen molar-refractivity contribution in [3.05, 3.63) is 0 Å². The Morgan fingerprint density at radius 3 is 2.05 bits per heavy atom. The maximum absolute atomic E-state index is 9.92. The van der Waals surface area contributed by atoms with Gasteiger partial charge in [0.25, 0.3) is 0 Å². The summed E-state index contributed by atoms with van der Waals surface area (Å²) in [5.41, 5.74) is 0. The first-order valence-electron chi connectivity index (χ1n) is 6.93. The summed E-state index contributed by atoms with van der Waals surface area (Å²) in [6.45, 7) is 0.846. The molecule has 10 nitrogen and oxygen atoms in total. The Kier molecular flexibility index (Phi) is 5.72. The van der Waals surface area contributed by atoms with Gasteiger partial charge in [-0.05, 0) is 6.92 Å². The minimum absolute atomic E-state index is 0.620. The van der Waals surface area contributed by atoms with Crippen LogP contribution in [0.15, 0.2) is 0 Å². The lowest BCUT2D eigenvalue weighted by atomic mass is 9.97. The van der Waals surface area contributed by atoms with Gasteiger partial charge in [0, 0.05) is 0 Å². The maximum atomic E-state index is 9.92. The lowest BCUT2D eigenvalue weighted by molar-refractivity contribution is -0.351. The molecule has 0 aliphatic carbocycles. The van der Waals surface area contributed by atoms with Gasteiger partial charge in [0.05, 0.1) is 12.7 Å². The predicted octanol–water partition coefficient (Wildman–Crippen LogP) is -4.37. The van der Waals surface area contributed by atoms with Gasteiger partial charge >= 0.3 is 0 Å². The van der Waals surface area contributed by atoms with Gasteiger partial charge in [-0.1, -0.05) is 0 Å². The van der Waals surface area contributed by atoms with Crippen LogP contribution < -0.4 is 0 Å². The van der Waals surface area contributed by atoms with Crippen molar-refractivity contribution in [1.29, 1.82) is 0 Å². The first-order valence-corrected chi connectivity index (χ1v) is 6.93. The zero-order valence-corrected chi connectivity index (χ0v) is 11.8. The Hall–Kier alpha value is -0.400. The van der Waals surface area contributed by atoms with E-state index < -0.39 is 68.0 Å². The van der Waals surface area contributed by atoms with E-state index in [2.05, 4.69) is 0 Å². The van der Waals surface area contributed by atoms with E-state index >= 15 is 0 Å². The highest BCUT2D eigenvalue weighted by Crippen LogP contribution is 2.28. The summed E-state index contributed by atoms with van der Waals surface area (Å²) in [5.74, 6) is 0. The minimum Gasteiger partial charge on any atom is -0.394 e. The Balaban J connectivity index is 2.08. The van der Waals surface area contributed by atoms with E-state index in [4.69, 9.17) is 19.3 Å². The third kappa shape index (κ3) is 3.26. The zero-order valence-electron chi connectivity index (χ0n) is 11.8. The second-order valence-electron chi connectivity index (χ2n) is 5.51.